The van der Waals surface area contributed by atoms with Crippen LogP contribution in [0.25, 0.3) is 0 Å². The molecule has 0 bridgehead atoms. The molecule has 1 aromatic rings. The van der Waals surface area contributed by atoms with E-state index in [1.54, 1.807) is 17.0 Å². The first kappa shape index (κ1) is 20.1. The molecule has 1 unspecified atom stereocenters. The number of carbonyl (C=O) groups is 2. The first-order chi connectivity index (χ1) is 12.5. The Morgan fingerprint density at radius 3 is 2.46 bits per heavy atom. The van der Waals surface area contributed by atoms with Crippen LogP contribution in [0.4, 0.5) is 10.1 Å². The van der Waals surface area contributed by atoms with Crippen LogP contribution < -0.4 is 16.0 Å². The van der Waals surface area contributed by atoms with Crippen LogP contribution in [-0.2, 0) is 14.3 Å². The number of hydrogen-bond acceptors (Lipinski definition) is 5. The predicted octanol–water partition coefficient (Wildman–Crippen LogP) is 0.344. The number of nitrogens with zero attached hydrogens (tertiary/aromatic N) is 2. The molecule has 7 nitrogen and oxygen atoms in total. The molecule has 144 valence electrons. The van der Waals surface area contributed by atoms with E-state index in [4.69, 9.17) is 10.5 Å². The third-order valence-corrected chi connectivity index (χ3v) is 4.49. The summed E-state index contributed by atoms with van der Waals surface area (Å²) in [5.74, 6) is -0.407. The number of hydrogen-bond donors (Lipinski definition) is 2. The Hall–Kier alpha value is -2.19. The van der Waals surface area contributed by atoms with Crippen molar-refractivity contribution >= 4 is 17.5 Å². The fourth-order valence-corrected chi connectivity index (χ4v) is 2.87. The van der Waals surface area contributed by atoms with Crippen molar-refractivity contribution in [2.24, 2.45) is 5.73 Å². The van der Waals surface area contributed by atoms with Crippen molar-refractivity contribution in [1.82, 2.24) is 10.2 Å². The van der Waals surface area contributed by atoms with Gasteiger partial charge in [0, 0.05) is 58.5 Å². The summed E-state index contributed by atoms with van der Waals surface area (Å²) in [6.07, 6.45) is 0.158. The third kappa shape index (κ3) is 5.96. The fourth-order valence-electron chi connectivity index (χ4n) is 2.87. The monoisotopic (exact) mass is 366 g/mol. The van der Waals surface area contributed by atoms with Gasteiger partial charge in [-0.3, -0.25) is 9.59 Å². The average Bonchev–Trinajstić information content (AvgIpc) is 2.66. The van der Waals surface area contributed by atoms with Gasteiger partial charge in [-0.05, 0) is 24.3 Å². The van der Waals surface area contributed by atoms with Crippen LogP contribution in [0, 0.1) is 5.82 Å². The minimum absolute atomic E-state index is 0.0196. The number of nitrogens with one attached hydrogen (secondary N) is 1. The first-order valence-corrected chi connectivity index (χ1v) is 8.81. The van der Waals surface area contributed by atoms with Crippen molar-refractivity contribution < 1.29 is 18.7 Å². The van der Waals surface area contributed by atoms with Crippen molar-refractivity contribution in [3.05, 3.63) is 30.1 Å². The van der Waals surface area contributed by atoms with Gasteiger partial charge >= 0.3 is 0 Å². The second-order valence-electron chi connectivity index (χ2n) is 6.24. The maximum atomic E-state index is 13.0. The molecule has 1 saturated heterocycles. The number of anilines is 1. The highest BCUT2D eigenvalue weighted by Gasteiger charge is 2.21. The summed E-state index contributed by atoms with van der Waals surface area (Å²) in [5.41, 5.74) is 6.44. The van der Waals surface area contributed by atoms with Gasteiger partial charge in [-0.2, -0.15) is 0 Å². The molecule has 26 heavy (non-hydrogen) atoms. The highest BCUT2D eigenvalue weighted by atomic mass is 19.1. The van der Waals surface area contributed by atoms with E-state index in [1.807, 2.05) is 0 Å². The molecule has 2 rings (SSSR count). The van der Waals surface area contributed by atoms with E-state index in [9.17, 15) is 14.0 Å². The number of rotatable bonds is 8. The summed E-state index contributed by atoms with van der Waals surface area (Å²) in [6, 6.07) is 6.37. The SMILES string of the molecule is COC(CN)CC(=O)NCCC(=O)N1CCN(c2ccc(F)cc2)CC1. The van der Waals surface area contributed by atoms with Gasteiger partial charge < -0.3 is 25.6 Å². The number of ether oxygens (including phenoxy) is 1. The quantitative estimate of drug-likeness (QED) is 0.693. The number of methoxy groups -OCH3 is 1. The smallest absolute Gasteiger partial charge is 0.224 e. The molecule has 1 atom stereocenters. The molecule has 0 spiro atoms. The summed E-state index contributed by atoms with van der Waals surface area (Å²) in [6.45, 7) is 3.22. The van der Waals surface area contributed by atoms with Crippen LogP contribution >= 0.6 is 0 Å². The second-order valence-corrected chi connectivity index (χ2v) is 6.24. The Kier molecular flexibility index (Phi) is 7.80. The molecule has 1 fully saturated rings. The lowest BCUT2D eigenvalue weighted by Gasteiger charge is -2.36. The van der Waals surface area contributed by atoms with Gasteiger partial charge in [0.15, 0.2) is 0 Å². The Morgan fingerprint density at radius 1 is 1.23 bits per heavy atom. The van der Waals surface area contributed by atoms with E-state index < -0.39 is 0 Å². The van der Waals surface area contributed by atoms with Crippen LogP contribution in [0.2, 0.25) is 0 Å². The number of halogens is 1. The Balaban J connectivity index is 1.68. The normalized spacial score (nSPS) is 15.7. The minimum atomic E-state index is -0.301. The summed E-state index contributed by atoms with van der Waals surface area (Å²) in [4.78, 5) is 27.9. The first-order valence-electron chi connectivity index (χ1n) is 8.81. The van der Waals surface area contributed by atoms with Crippen LogP contribution in [0.5, 0.6) is 0 Å². The summed E-state index contributed by atoms with van der Waals surface area (Å²) in [7, 11) is 1.51. The zero-order chi connectivity index (χ0) is 18.9. The van der Waals surface area contributed by atoms with Gasteiger partial charge in [0.25, 0.3) is 0 Å². The zero-order valence-electron chi connectivity index (χ0n) is 15.1. The number of carbonyl (C=O) groups excluding carboxylic acids is 2. The fraction of sp³-hybridized carbons (Fsp3) is 0.556. The second kappa shape index (κ2) is 10.1. The predicted molar refractivity (Wildman–Crippen MR) is 97.3 cm³/mol. The van der Waals surface area contributed by atoms with Crippen LogP contribution in [0.3, 0.4) is 0 Å². The van der Waals surface area contributed by atoms with E-state index in [2.05, 4.69) is 10.2 Å². The van der Waals surface area contributed by atoms with Crippen molar-refractivity contribution in [2.45, 2.75) is 18.9 Å². The molecule has 2 amide bonds. The number of amides is 2. The molecule has 0 aromatic heterocycles. The van der Waals surface area contributed by atoms with Gasteiger partial charge in [-0.1, -0.05) is 0 Å². The largest absolute Gasteiger partial charge is 0.380 e. The molecular weight excluding hydrogens is 339 g/mol. The molecule has 0 aliphatic carbocycles. The highest BCUT2D eigenvalue weighted by molar-refractivity contribution is 5.79. The van der Waals surface area contributed by atoms with Crippen LogP contribution in [-0.4, -0.2) is 69.2 Å². The molecular formula is C18H27FN4O3. The Morgan fingerprint density at radius 2 is 1.88 bits per heavy atom. The average molecular weight is 366 g/mol. The molecule has 3 N–H and O–H groups in total. The summed E-state index contributed by atoms with van der Waals surface area (Å²) < 4.78 is 18.1. The van der Waals surface area contributed by atoms with E-state index >= 15 is 0 Å². The van der Waals surface area contributed by atoms with Gasteiger partial charge in [-0.25, -0.2) is 4.39 Å². The molecule has 1 aliphatic rings. The highest BCUT2D eigenvalue weighted by Crippen LogP contribution is 2.17. The summed E-state index contributed by atoms with van der Waals surface area (Å²) in [5, 5.41) is 2.72. The van der Waals surface area contributed by atoms with Crippen molar-refractivity contribution in [1.29, 1.82) is 0 Å². The maximum Gasteiger partial charge on any atom is 0.224 e. The maximum absolute atomic E-state index is 13.0. The molecule has 1 heterocycles. The zero-order valence-corrected chi connectivity index (χ0v) is 15.1. The van der Waals surface area contributed by atoms with Gasteiger partial charge in [0.05, 0.1) is 12.5 Å². The molecule has 0 saturated carbocycles. The third-order valence-electron chi connectivity index (χ3n) is 4.49. The van der Waals surface area contributed by atoms with Crippen molar-refractivity contribution in [3.8, 4) is 0 Å². The van der Waals surface area contributed by atoms with Gasteiger partial charge in [0.1, 0.15) is 5.82 Å². The van der Waals surface area contributed by atoms with Gasteiger partial charge in [0.2, 0.25) is 11.8 Å². The van der Waals surface area contributed by atoms with Crippen LogP contribution in [0.1, 0.15) is 12.8 Å². The lowest BCUT2D eigenvalue weighted by molar-refractivity contribution is -0.131. The molecule has 1 aliphatic heterocycles. The molecule has 0 radical (unpaired) electrons. The number of benzene rings is 1. The topological polar surface area (TPSA) is 87.9 Å². The number of nitrogens with two attached hydrogens (primary N) is 1. The Labute approximate surface area is 153 Å². The lowest BCUT2D eigenvalue weighted by atomic mass is 10.2. The minimum Gasteiger partial charge on any atom is -0.380 e. The van der Waals surface area contributed by atoms with E-state index in [0.717, 1.165) is 5.69 Å². The molecule has 1 aromatic carbocycles. The summed E-state index contributed by atoms with van der Waals surface area (Å²) >= 11 is 0. The Bertz CT molecular complexity index is 585. The van der Waals surface area contributed by atoms with Crippen molar-refractivity contribution in [3.63, 3.8) is 0 Å². The van der Waals surface area contributed by atoms with E-state index in [-0.39, 0.29) is 43.1 Å². The standard InChI is InChI=1S/C18H27FN4O3/c1-26-16(13-20)12-17(24)21-7-6-18(25)23-10-8-22(9-11-23)15-4-2-14(19)3-5-15/h2-5,16H,6-13,20H2,1H3,(H,21,24). The van der Waals surface area contributed by atoms with E-state index in [0.29, 0.717) is 32.7 Å². The van der Waals surface area contributed by atoms with Crippen LogP contribution in [0.15, 0.2) is 24.3 Å². The number of piperazine rings is 1. The lowest BCUT2D eigenvalue weighted by Crippen LogP contribution is -2.49. The van der Waals surface area contributed by atoms with E-state index in [1.165, 1.54) is 19.2 Å². The molecule has 8 heteroatoms. The van der Waals surface area contributed by atoms with Gasteiger partial charge in [-0.15, -0.1) is 0 Å². The van der Waals surface area contributed by atoms with Crippen molar-refractivity contribution in [2.75, 3.05) is 51.3 Å².